The molecule has 5 heteroatoms. The minimum Gasteiger partial charge on any atom is -0.497 e. The molecule has 1 aliphatic rings. The molecule has 1 N–H and O–H groups in total. The number of benzene rings is 1. The van der Waals surface area contributed by atoms with Crippen molar-refractivity contribution < 1.29 is 18.3 Å². The quantitative estimate of drug-likeness (QED) is 0.873. The molecule has 0 saturated heterocycles. The van der Waals surface area contributed by atoms with E-state index in [9.17, 15) is 13.5 Å². The molecule has 1 aromatic rings. The van der Waals surface area contributed by atoms with Crippen molar-refractivity contribution in [3.05, 3.63) is 29.8 Å². The lowest BCUT2D eigenvalue weighted by atomic mass is 10.1. The highest BCUT2D eigenvalue weighted by Gasteiger charge is 2.57. The fourth-order valence-corrected chi connectivity index (χ4v) is 4.39. The first-order chi connectivity index (χ1) is 8.55. The summed E-state index contributed by atoms with van der Waals surface area (Å²) in [5.41, 5.74) is 0.955. The second kappa shape index (κ2) is 4.90. The van der Waals surface area contributed by atoms with Gasteiger partial charge in [0.05, 0.1) is 12.4 Å². The standard InChI is InChI=1S/C13H18O4S/c1-3-18(15,16)13-11(8-14)12(13)9-4-6-10(17-2)7-5-9/h4-7,11-14H,3,8H2,1-2H3/t11-,12-,13-/m1/s1. The van der Waals surface area contributed by atoms with Crippen LogP contribution in [0.4, 0.5) is 0 Å². The zero-order valence-corrected chi connectivity index (χ0v) is 11.4. The first kappa shape index (κ1) is 13.4. The maximum absolute atomic E-state index is 11.9. The number of sulfone groups is 1. The van der Waals surface area contributed by atoms with Crippen LogP contribution in [-0.2, 0) is 9.84 Å². The van der Waals surface area contributed by atoms with Gasteiger partial charge in [0.15, 0.2) is 9.84 Å². The summed E-state index contributed by atoms with van der Waals surface area (Å²) in [5, 5.41) is 8.85. The second-order valence-corrected chi connectivity index (χ2v) is 7.01. The molecule has 1 aliphatic carbocycles. The SMILES string of the molecule is CCS(=O)(=O)[C@@H]1[C@H](CO)[C@H]1c1ccc(OC)cc1. The van der Waals surface area contributed by atoms with Gasteiger partial charge in [0.25, 0.3) is 0 Å². The van der Waals surface area contributed by atoms with Gasteiger partial charge in [-0.15, -0.1) is 0 Å². The van der Waals surface area contributed by atoms with Crippen LogP contribution in [0.25, 0.3) is 0 Å². The van der Waals surface area contributed by atoms with Crippen molar-refractivity contribution in [3.63, 3.8) is 0 Å². The second-order valence-electron chi connectivity index (χ2n) is 4.56. The van der Waals surface area contributed by atoms with Crippen LogP contribution in [0, 0.1) is 5.92 Å². The molecule has 0 bridgehead atoms. The summed E-state index contributed by atoms with van der Waals surface area (Å²) in [6, 6.07) is 7.38. The molecule has 0 radical (unpaired) electrons. The van der Waals surface area contributed by atoms with Crippen molar-refractivity contribution in [1.29, 1.82) is 0 Å². The van der Waals surface area contributed by atoms with Crippen LogP contribution in [0.1, 0.15) is 18.4 Å². The van der Waals surface area contributed by atoms with Gasteiger partial charge in [-0.05, 0) is 17.7 Å². The molecular weight excluding hydrogens is 252 g/mol. The number of aliphatic hydroxyl groups excluding tert-OH is 1. The van der Waals surface area contributed by atoms with Gasteiger partial charge in [0.1, 0.15) is 5.75 Å². The third-order valence-electron chi connectivity index (χ3n) is 3.62. The summed E-state index contributed by atoms with van der Waals surface area (Å²) < 4.78 is 28.9. The van der Waals surface area contributed by atoms with Crippen molar-refractivity contribution in [3.8, 4) is 5.75 Å². The lowest BCUT2D eigenvalue weighted by Crippen LogP contribution is -2.13. The molecule has 4 nitrogen and oxygen atoms in total. The smallest absolute Gasteiger partial charge is 0.153 e. The lowest BCUT2D eigenvalue weighted by molar-refractivity contribution is 0.274. The van der Waals surface area contributed by atoms with E-state index >= 15 is 0 Å². The van der Waals surface area contributed by atoms with E-state index in [1.165, 1.54) is 0 Å². The number of ether oxygens (including phenoxy) is 1. The fourth-order valence-electron chi connectivity index (χ4n) is 2.50. The highest BCUT2D eigenvalue weighted by molar-refractivity contribution is 7.92. The summed E-state index contributed by atoms with van der Waals surface area (Å²) in [6.45, 7) is 1.56. The van der Waals surface area contributed by atoms with Gasteiger partial charge in [-0.1, -0.05) is 19.1 Å². The molecule has 0 heterocycles. The fraction of sp³-hybridized carbons (Fsp3) is 0.538. The number of methoxy groups -OCH3 is 1. The van der Waals surface area contributed by atoms with E-state index in [1.54, 1.807) is 14.0 Å². The first-order valence-corrected chi connectivity index (χ1v) is 7.73. The zero-order valence-electron chi connectivity index (χ0n) is 10.5. The summed E-state index contributed by atoms with van der Waals surface area (Å²) in [7, 11) is -1.50. The highest BCUT2D eigenvalue weighted by atomic mass is 32.2. The summed E-state index contributed by atoms with van der Waals surface area (Å²) in [6.07, 6.45) is 0. The van der Waals surface area contributed by atoms with Crippen LogP contribution in [0.3, 0.4) is 0 Å². The molecule has 0 aromatic heterocycles. The van der Waals surface area contributed by atoms with Crippen LogP contribution < -0.4 is 4.74 Å². The van der Waals surface area contributed by atoms with Gasteiger partial charge in [-0.3, -0.25) is 0 Å². The van der Waals surface area contributed by atoms with Gasteiger partial charge in [-0.25, -0.2) is 8.42 Å². The van der Waals surface area contributed by atoms with Crippen molar-refractivity contribution >= 4 is 9.84 Å². The number of hydrogen-bond donors (Lipinski definition) is 1. The Morgan fingerprint density at radius 1 is 1.28 bits per heavy atom. The summed E-state index contributed by atoms with van der Waals surface area (Å²) in [5.74, 6) is 0.630. The monoisotopic (exact) mass is 270 g/mol. The third-order valence-corrected chi connectivity index (χ3v) is 5.90. The molecule has 3 atom stereocenters. The molecular formula is C13H18O4S. The largest absolute Gasteiger partial charge is 0.497 e. The molecule has 0 aliphatic heterocycles. The Hall–Kier alpha value is -1.07. The molecule has 2 rings (SSSR count). The molecule has 0 unspecified atom stereocenters. The molecule has 0 amide bonds. The average Bonchev–Trinajstić information content (AvgIpc) is 3.14. The van der Waals surface area contributed by atoms with E-state index in [0.717, 1.165) is 11.3 Å². The van der Waals surface area contributed by atoms with Crippen LogP contribution in [0.2, 0.25) is 0 Å². The summed E-state index contributed by atoms with van der Waals surface area (Å²) >= 11 is 0. The lowest BCUT2D eigenvalue weighted by Gasteiger charge is -2.03. The van der Waals surface area contributed by atoms with Gasteiger partial charge < -0.3 is 9.84 Å². The van der Waals surface area contributed by atoms with E-state index in [4.69, 9.17) is 4.74 Å². The predicted octanol–water partition coefficient (Wildman–Crippen LogP) is 1.20. The van der Waals surface area contributed by atoms with E-state index in [1.807, 2.05) is 24.3 Å². The molecule has 0 spiro atoms. The van der Waals surface area contributed by atoms with Crippen molar-refractivity contribution in [2.75, 3.05) is 19.5 Å². The van der Waals surface area contributed by atoms with E-state index in [0.29, 0.717) is 0 Å². The summed E-state index contributed by atoms with van der Waals surface area (Å²) in [4.78, 5) is 0. The van der Waals surface area contributed by atoms with E-state index in [2.05, 4.69) is 0 Å². The minimum atomic E-state index is -3.09. The van der Waals surface area contributed by atoms with Gasteiger partial charge >= 0.3 is 0 Å². The van der Waals surface area contributed by atoms with Crippen molar-refractivity contribution in [2.24, 2.45) is 5.92 Å². The minimum absolute atomic E-state index is 0.0779. The van der Waals surface area contributed by atoms with Crippen LogP contribution >= 0.6 is 0 Å². The van der Waals surface area contributed by atoms with Crippen LogP contribution in [0.5, 0.6) is 5.75 Å². The Morgan fingerprint density at radius 2 is 1.89 bits per heavy atom. The van der Waals surface area contributed by atoms with E-state index < -0.39 is 15.1 Å². The Kier molecular flexibility index (Phi) is 3.64. The number of hydrogen-bond acceptors (Lipinski definition) is 4. The van der Waals surface area contributed by atoms with Crippen LogP contribution in [-0.4, -0.2) is 38.2 Å². The maximum atomic E-state index is 11.9. The molecule has 1 aromatic carbocycles. The maximum Gasteiger partial charge on any atom is 0.153 e. The average molecular weight is 270 g/mol. The molecule has 18 heavy (non-hydrogen) atoms. The normalized spacial score (nSPS) is 26.9. The van der Waals surface area contributed by atoms with Crippen molar-refractivity contribution in [1.82, 2.24) is 0 Å². The topological polar surface area (TPSA) is 63.6 Å². The highest BCUT2D eigenvalue weighted by Crippen LogP contribution is 2.52. The van der Waals surface area contributed by atoms with E-state index in [-0.39, 0.29) is 24.2 Å². The van der Waals surface area contributed by atoms with Crippen molar-refractivity contribution in [2.45, 2.75) is 18.1 Å². The van der Waals surface area contributed by atoms with Gasteiger partial charge in [0.2, 0.25) is 0 Å². The van der Waals surface area contributed by atoms with Crippen LogP contribution in [0.15, 0.2) is 24.3 Å². The first-order valence-electron chi connectivity index (χ1n) is 6.01. The zero-order chi connectivity index (χ0) is 13.3. The Labute approximate surface area is 108 Å². The molecule has 100 valence electrons. The Morgan fingerprint density at radius 3 is 2.33 bits per heavy atom. The predicted molar refractivity (Wildman–Crippen MR) is 69.6 cm³/mol. The molecule has 1 fully saturated rings. The number of rotatable bonds is 5. The van der Waals surface area contributed by atoms with Gasteiger partial charge in [-0.2, -0.15) is 0 Å². The third kappa shape index (κ3) is 2.24. The Balaban J connectivity index is 2.23. The molecule has 1 saturated carbocycles. The number of aliphatic hydroxyl groups is 1. The van der Waals surface area contributed by atoms with Gasteiger partial charge in [0, 0.05) is 24.2 Å². The Bertz CT molecular complexity index is 506.